The number of hydrogen-bond donors (Lipinski definition) is 1. The molecule has 6 nitrogen and oxygen atoms in total. The number of thioether (sulfide) groups is 1. The predicted octanol–water partition coefficient (Wildman–Crippen LogP) is 1.26. The first-order valence-corrected chi connectivity index (χ1v) is 9.59. The molecule has 1 aliphatic carbocycles. The number of nitrogens with zero attached hydrogens (tertiary/aromatic N) is 2. The van der Waals surface area contributed by atoms with Gasteiger partial charge in [0.25, 0.3) is 5.56 Å². The van der Waals surface area contributed by atoms with E-state index < -0.39 is 0 Å². The summed E-state index contributed by atoms with van der Waals surface area (Å²) >= 11 is 1.42. The van der Waals surface area contributed by atoms with Crippen molar-refractivity contribution in [3.63, 3.8) is 0 Å². The molecule has 134 valence electrons. The zero-order chi connectivity index (χ0) is 17.9. The molecule has 0 spiro atoms. The van der Waals surface area contributed by atoms with Crippen molar-refractivity contribution in [2.24, 2.45) is 25.9 Å². The first-order chi connectivity index (χ1) is 11.3. The fourth-order valence-electron chi connectivity index (χ4n) is 3.20. The first-order valence-electron chi connectivity index (χ1n) is 8.44. The van der Waals surface area contributed by atoms with Gasteiger partial charge in [-0.25, -0.2) is 4.79 Å². The lowest BCUT2D eigenvalue weighted by molar-refractivity contribution is -0.119. The maximum atomic E-state index is 12.2. The van der Waals surface area contributed by atoms with Gasteiger partial charge in [-0.3, -0.25) is 18.7 Å². The molecule has 1 aromatic heterocycles. The number of aromatic nitrogens is 2. The Morgan fingerprint density at radius 2 is 1.96 bits per heavy atom. The van der Waals surface area contributed by atoms with Crippen LogP contribution in [0.5, 0.6) is 0 Å². The van der Waals surface area contributed by atoms with Gasteiger partial charge in [0.1, 0.15) is 0 Å². The molecule has 0 aliphatic heterocycles. The Kier molecular flexibility index (Phi) is 6.32. The van der Waals surface area contributed by atoms with E-state index in [-0.39, 0.29) is 23.2 Å². The minimum Gasteiger partial charge on any atom is -0.352 e. The molecule has 1 saturated carbocycles. The zero-order valence-electron chi connectivity index (χ0n) is 14.9. The van der Waals surface area contributed by atoms with E-state index in [1.54, 1.807) is 7.05 Å². The highest BCUT2D eigenvalue weighted by molar-refractivity contribution is 7.99. The number of nitrogens with one attached hydrogen (secondary N) is 1. The summed E-state index contributed by atoms with van der Waals surface area (Å²) in [6.45, 7) is 4.45. The third kappa shape index (κ3) is 4.32. The van der Waals surface area contributed by atoms with Crippen molar-refractivity contribution in [2.75, 3.05) is 5.75 Å². The van der Waals surface area contributed by atoms with Crippen LogP contribution >= 0.6 is 11.8 Å². The van der Waals surface area contributed by atoms with Crippen LogP contribution < -0.4 is 16.6 Å². The maximum Gasteiger partial charge on any atom is 0.330 e. The van der Waals surface area contributed by atoms with Crippen LogP contribution in [-0.2, 0) is 24.6 Å². The van der Waals surface area contributed by atoms with Gasteiger partial charge in [-0.2, -0.15) is 0 Å². The predicted molar refractivity (Wildman–Crippen MR) is 97.2 cm³/mol. The summed E-state index contributed by atoms with van der Waals surface area (Å²) in [7, 11) is 3.10. The molecule has 7 heteroatoms. The summed E-state index contributed by atoms with van der Waals surface area (Å²) in [5.41, 5.74) is -0.0173. The van der Waals surface area contributed by atoms with Gasteiger partial charge in [0, 0.05) is 37.7 Å². The van der Waals surface area contributed by atoms with E-state index in [1.165, 1.54) is 42.3 Å². The fourth-order valence-corrected chi connectivity index (χ4v) is 4.06. The van der Waals surface area contributed by atoms with Crippen molar-refractivity contribution < 1.29 is 4.79 Å². The summed E-state index contributed by atoms with van der Waals surface area (Å²) in [4.78, 5) is 35.7. The largest absolute Gasteiger partial charge is 0.352 e. The van der Waals surface area contributed by atoms with Crippen LogP contribution in [0.4, 0.5) is 0 Å². The third-order valence-electron chi connectivity index (χ3n) is 5.16. The number of rotatable bonds is 5. The maximum absolute atomic E-state index is 12.2. The number of hydrogen-bond acceptors (Lipinski definition) is 4. The lowest BCUT2D eigenvalue weighted by atomic mass is 9.78. The number of carbonyl (C=O) groups is 1. The van der Waals surface area contributed by atoms with Gasteiger partial charge in [-0.15, -0.1) is 11.8 Å². The Labute approximate surface area is 146 Å². The van der Waals surface area contributed by atoms with Gasteiger partial charge in [0.2, 0.25) is 5.91 Å². The van der Waals surface area contributed by atoms with Crippen molar-refractivity contribution in [2.45, 2.75) is 44.9 Å². The highest BCUT2D eigenvalue weighted by Crippen LogP contribution is 2.29. The van der Waals surface area contributed by atoms with Crippen molar-refractivity contribution in [3.05, 3.63) is 32.6 Å². The number of carbonyl (C=O) groups excluding carboxylic acids is 1. The summed E-state index contributed by atoms with van der Waals surface area (Å²) in [5.74, 6) is 1.98. The molecule has 1 N–H and O–H groups in total. The Balaban J connectivity index is 1.87. The van der Waals surface area contributed by atoms with E-state index in [2.05, 4.69) is 19.2 Å². The first kappa shape index (κ1) is 18.8. The number of amides is 1. The Bertz CT molecular complexity index is 710. The third-order valence-corrected chi connectivity index (χ3v) is 6.13. The lowest BCUT2D eigenvalue weighted by Gasteiger charge is -2.34. The molecule has 1 fully saturated rings. The van der Waals surface area contributed by atoms with Crippen LogP contribution in [0.25, 0.3) is 0 Å². The summed E-state index contributed by atoms with van der Waals surface area (Å²) < 4.78 is 2.53. The molecule has 0 unspecified atom stereocenters. The highest BCUT2D eigenvalue weighted by atomic mass is 32.2. The molecule has 1 amide bonds. The Morgan fingerprint density at radius 1 is 1.25 bits per heavy atom. The zero-order valence-corrected chi connectivity index (χ0v) is 15.7. The second-order valence-electron chi connectivity index (χ2n) is 6.81. The average Bonchev–Trinajstić information content (AvgIpc) is 2.54. The van der Waals surface area contributed by atoms with Crippen molar-refractivity contribution in [3.8, 4) is 0 Å². The van der Waals surface area contributed by atoms with Crippen molar-refractivity contribution >= 4 is 17.7 Å². The molecule has 2 rings (SSSR count). The second-order valence-corrected chi connectivity index (χ2v) is 7.79. The molecule has 0 saturated heterocycles. The fraction of sp³-hybridized carbons (Fsp3) is 0.706. The molecule has 0 radical (unpaired) electrons. The monoisotopic (exact) mass is 353 g/mol. The van der Waals surface area contributed by atoms with Gasteiger partial charge in [0.05, 0.1) is 5.75 Å². The Hall–Kier alpha value is -1.50. The smallest absolute Gasteiger partial charge is 0.330 e. The summed E-state index contributed by atoms with van der Waals surface area (Å²) in [6.07, 6.45) is 3.45. The van der Waals surface area contributed by atoms with Crippen LogP contribution in [-0.4, -0.2) is 26.8 Å². The summed E-state index contributed by atoms with van der Waals surface area (Å²) in [5, 5.41) is 3.14. The average molecular weight is 353 g/mol. The quantitative estimate of drug-likeness (QED) is 0.865. The van der Waals surface area contributed by atoms with Crippen LogP contribution in [0.1, 0.15) is 38.8 Å². The van der Waals surface area contributed by atoms with Gasteiger partial charge in [-0.05, 0) is 18.3 Å². The topological polar surface area (TPSA) is 73.1 Å². The van der Waals surface area contributed by atoms with Crippen molar-refractivity contribution in [1.29, 1.82) is 0 Å². The molecular weight excluding hydrogens is 326 g/mol. The summed E-state index contributed by atoms with van der Waals surface area (Å²) in [6, 6.07) is 1.72. The molecule has 0 aromatic carbocycles. The van der Waals surface area contributed by atoms with Crippen LogP contribution in [0, 0.1) is 11.8 Å². The van der Waals surface area contributed by atoms with Crippen molar-refractivity contribution in [1.82, 2.24) is 14.5 Å². The SMILES string of the molecule is C[C@H]1[C@H](C)CCC[C@H]1NC(=O)CSCc1cc(=O)n(C)c(=O)n1C. The highest BCUT2D eigenvalue weighted by Gasteiger charge is 2.27. The minimum atomic E-state index is -0.340. The Morgan fingerprint density at radius 3 is 2.67 bits per heavy atom. The van der Waals surface area contributed by atoms with Gasteiger partial charge in [0.15, 0.2) is 0 Å². The lowest BCUT2D eigenvalue weighted by Crippen LogP contribution is -2.44. The molecule has 3 atom stereocenters. The minimum absolute atomic E-state index is 0.0276. The van der Waals surface area contributed by atoms with E-state index in [0.717, 1.165) is 11.0 Å². The van der Waals surface area contributed by atoms with E-state index in [1.807, 2.05) is 0 Å². The molecule has 24 heavy (non-hydrogen) atoms. The molecule has 1 aliphatic rings. The van der Waals surface area contributed by atoms with E-state index >= 15 is 0 Å². The molecule has 0 bridgehead atoms. The normalized spacial score (nSPS) is 23.9. The second kappa shape index (κ2) is 8.05. The van der Waals surface area contributed by atoms with Gasteiger partial charge in [-0.1, -0.05) is 26.7 Å². The molecule has 1 aromatic rings. The van der Waals surface area contributed by atoms with E-state index in [9.17, 15) is 14.4 Å². The standard InChI is InChI=1S/C17H27N3O3S/c1-11-6-5-7-14(12(11)2)18-15(21)10-24-9-13-8-16(22)20(4)17(23)19(13)3/h8,11-12,14H,5-7,9-10H2,1-4H3,(H,18,21)/t11-,12+,14-/m1/s1. The van der Waals surface area contributed by atoms with Crippen LogP contribution in [0.15, 0.2) is 15.7 Å². The van der Waals surface area contributed by atoms with E-state index in [0.29, 0.717) is 29.0 Å². The molecule has 1 heterocycles. The molecular formula is C17H27N3O3S. The van der Waals surface area contributed by atoms with Crippen LogP contribution in [0.2, 0.25) is 0 Å². The van der Waals surface area contributed by atoms with E-state index in [4.69, 9.17) is 0 Å². The van der Waals surface area contributed by atoms with Crippen LogP contribution in [0.3, 0.4) is 0 Å². The van der Waals surface area contributed by atoms with Gasteiger partial charge < -0.3 is 5.32 Å². The van der Waals surface area contributed by atoms with Gasteiger partial charge >= 0.3 is 5.69 Å².